The molecule has 0 aliphatic carbocycles. The van der Waals surface area contributed by atoms with Gasteiger partial charge in [-0.15, -0.1) is 0 Å². The molecule has 1 atom stereocenters. The zero-order valence-electron chi connectivity index (χ0n) is 10.6. The molecule has 0 radical (unpaired) electrons. The van der Waals surface area contributed by atoms with Gasteiger partial charge < -0.3 is 4.84 Å². The lowest BCUT2D eigenvalue weighted by Crippen LogP contribution is -2.32. The van der Waals surface area contributed by atoms with Gasteiger partial charge in [0.25, 0.3) is 0 Å². The van der Waals surface area contributed by atoms with Crippen LogP contribution in [-0.4, -0.2) is 11.8 Å². The standard InChI is InChI=1S/C13H22N2O/c1-4-5-6-7-8-11-13(2,3)12(9-10-14)16-15-11/h12H,4-9H2,1-3H3/t12-/m0/s1. The number of hydrogen-bond acceptors (Lipinski definition) is 3. The van der Waals surface area contributed by atoms with E-state index < -0.39 is 0 Å². The highest BCUT2D eigenvalue weighted by Gasteiger charge is 2.41. The summed E-state index contributed by atoms with van der Waals surface area (Å²) >= 11 is 0. The highest BCUT2D eigenvalue weighted by Crippen LogP contribution is 2.35. The Morgan fingerprint density at radius 3 is 2.75 bits per heavy atom. The first-order chi connectivity index (χ1) is 7.62. The van der Waals surface area contributed by atoms with Crippen LogP contribution in [0.4, 0.5) is 0 Å². The van der Waals surface area contributed by atoms with Crippen LogP contribution in [0.3, 0.4) is 0 Å². The fourth-order valence-electron chi connectivity index (χ4n) is 2.02. The van der Waals surface area contributed by atoms with Gasteiger partial charge in [0.2, 0.25) is 0 Å². The van der Waals surface area contributed by atoms with Gasteiger partial charge in [0.15, 0.2) is 6.10 Å². The maximum atomic E-state index is 8.71. The van der Waals surface area contributed by atoms with Crippen molar-refractivity contribution in [2.45, 2.75) is 65.4 Å². The fourth-order valence-corrected chi connectivity index (χ4v) is 2.02. The molecule has 0 N–H and O–H groups in total. The molecule has 0 fully saturated rings. The molecule has 0 saturated carbocycles. The van der Waals surface area contributed by atoms with Gasteiger partial charge in [-0.05, 0) is 12.8 Å². The topological polar surface area (TPSA) is 45.4 Å². The molecule has 1 aliphatic rings. The summed E-state index contributed by atoms with van der Waals surface area (Å²) in [4.78, 5) is 5.34. The predicted molar refractivity (Wildman–Crippen MR) is 65.1 cm³/mol. The SMILES string of the molecule is CCCCCCC1=NO[C@@H](CC#N)C1(C)C. The third kappa shape index (κ3) is 2.98. The van der Waals surface area contributed by atoms with Crippen molar-refractivity contribution in [1.29, 1.82) is 5.26 Å². The second-order valence-corrected chi connectivity index (χ2v) is 5.03. The van der Waals surface area contributed by atoms with Crippen molar-refractivity contribution in [3.63, 3.8) is 0 Å². The van der Waals surface area contributed by atoms with Crippen LogP contribution in [0.2, 0.25) is 0 Å². The number of oxime groups is 1. The van der Waals surface area contributed by atoms with Gasteiger partial charge in [0.1, 0.15) is 0 Å². The molecule has 0 saturated heterocycles. The molecule has 3 heteroatoms. The lowest BCUT2D eigenvalue weighted by atomic mass is 9.79. The van der Waals surface area contributed by atoms with Crippen molar-refractivity contribution < 1.29 is 4.84 Å². The largest absolute Gasteiger partial charge is 0.390 e. The van der Waals surface area contributed by atoms with Gasteiger partial charge in [0.05, 0.1) is 18.2 Å². The molecule has 1 aliphatic heterocycles. The summed E-state index contributed by atoms with van der Waals surface area (Å²) in [5, 5.41) is 12.9. The Hall–Kier alpha value is -1.04. The molecule has 0 unspecified atom stereocenters. The molecular formula is C13H22N2O. The fraction of sp³-hybridized carbons (Fsp3) is 0.846. The average Bonchev–Trinajstić information content (AvgIpc) is 2.51. The van der Waals surface area contributed by atoms with Crippen molar-refractivity contribution in [3.05, 3.63) is 0 Å². The molecule has 3 nitrogen and oxygen atoms in total. The number of hydrogen-bond donors (Lipinski definition) is 0. The summed E-state index contributed by atoms with van der Waals surface area (Å²) in [7, 11) is 0. The number of unbranched alkanes of at least 4 members (excludes halogenated alkanes) is 3. The Morgan fingerprint density at radius 2 is 2.12 bits per heavy atom. The van der Waals surface area contributed by atoms with Crippen LogP contribution < -0.4 is 0 Å². The molecular weight excluding hydrogens is 200 g/mol. The van der Waals surface area contributed by atoms with Crippen molar-refractivity contribution >= 4 is 5.71 Å². The molecule has 16 heavy (non-hydrogen) atoms. The third-order valence-electron chi connectivity index (χ3n) is 3.38. The zero-order chi connectivity index (χ0) is 12.0. The average molecular weight is 222 g/mol. The molecule has 1 rings (SSSR count). The number of nitrogens with zero attached hydrogens (tertiary/aromatic N) is 2. The quantitative estimate of drug-likeness (QED) is 0.644. The van der Waals surface area contributed by atoms with Crippen LogP contribution in [-0.2, 0) is 4.84 Å². The Labute approximate surface area is 98.5 Å². The predicted octanol–water partition coefficient (Wildman–Crippen LogP) is 3.65. The van der Waals surface area contributed by atoms with Crippen molar-refractivity contribution in [3.8, 4) is 6.07 Å². The second-order valence-electron chi connectivity index (χ2n) is 5.03. The Bertz CT molecular complexity index is 289. The van der Waals surface area contributed by atoms with Gasteiger partial charge in [-0.3, -0.25) is 0 Å². The van der Waals surface area contributed by atoms with Crippen LogP contribution in [0.15, 0.2) is 5.16 Å². The summed E-state index contributed by atoms with van der Waals surface area (Å²) in [6, 6.07) is 2.16. The number of rotatable bonds is 6. The summed E-state index contributed by atoms with van der Waals surface area (Å²) in [6.45, 7) is 6.46. The highest BCUT2D eigenvalue weighted by molar-refractivity contribution is 5.90. The molecule has 0 spiro atoms. The van der Waals surface area contributed by atoms with E-state index in [1.54, 1.807) is 0 Å². The molecule has 0 bridgehead atoms. The van der Waals surface area contributed by atoms with E-state index in [0.717, 1.165) is 12.1 Å². The van der Waals surface area contributed by atoms with E-state index in [9.17, 15) is 0 Å². The van der Waals surface area contributed by atoms with Gasteiger partial charge in [-0.1, -0.05) is 45.2 Å². The van der Waals surface area contributed by atoms with Crippen LogP contribution in [0.25, 0.3) is 0 Å². The minimum atomic E-state index is -0.0675. The molecule has 0 aromatic carbocycles. The first-order valence-electron chi connectivity index (χ1n) is 6.23. The molecule has 0 aromatic rings. The van der Waals surface area contributed by atoms with Crippen LogP contribution >= 0.6 is 0 Å². The Balaban J connectivity index is 2.41. The maximum absolute atomic E-state index is 8.71. The summed E-state index contributed by atoms with van der Waals surface area (Å²) in [5.41, 5.74) is 1.06. The smallest absolute Gasteiger partial charge is 0.150 e. The van der Waals surface area contributed by atoms with E-state index in [0.29, 0.717) is 6.42 Å². The molecule has 0 amide bonds. The summed E-state index contributed by atoms with van der Waals surface area (Å²) < 4.78 is 0. The monoisotopic (exact) mass is 222 g/mol. The maximum Gasteiger partial charge on any atom is 0.150 e. The van der Waals surface area contributed by atoms with E-state index in [1.807, 2.05) is 0 Å². The van der Waals surface area contributed by atoms with E-state index in [-0.39, 0.29) is 11.5 Å². The van der Waals surface area contributed by atoms with Gasteiger partial charge >= 0.3 is 0 Å². The van der Waals surface area contributed by atoms with E-state index in [4.69, 9.17) is 10.1 Å². The summed E-state index contributed by atoms with van der Waals surface area (Å²) in [6.07, 6.45) is 6.36. The molecule has 90 valence electrons. The molecule has 1 heterocycles. The van der Waals surface area contributed by atoms with Gasteiger partial charge in [-0.2, -0.15) is 5.26 Å². The van der Waals surface area contributed by atoms with Crippen molar-refractivity contribution in [1.82, 2.24) is 0 Å². The molecule has 0 aromatic heterocycles. The lowest BCUT2D eigenvalue weighted by Gasteiger charge is -2.23. The third-order valence-corrected chi connectivity index (χ3v) is 3.38. The second kappa shape index (κ2) is 5.89. The van der Waals surface area contributed by atoms with Crippen LogP contribution in [0.5, 0.6) is 0 Å². The normalized spacial score (nSPS) is 22.4. The van der Waals surface area contributed by atoms with Crippen molar-refractivity contribution in [2.24, 2.45) is 10.6 Å². The van der Waals surface area contributed by atoms with E-state index in [1.165, 1.54) is 25.7 Å². The van der Waals surface area contributed by atoms with Gasteiger partial charge in [0, 0.05) is 5.41 Å². The van der Waals surface area contributed by atoms with E-state index in [2.05, 4.69) is 32.0 Å². The van der Waals surface area contributed by atoms with Gasteiger partial charge in [-0.25, -0.2) is 0 Å². The first kappa shape index (κ1) is 13.0. The zero-order valence-corrected chi connectivity index (χ0v) is 10.6. The minimum absolute atomic E-state index is 0.0568. The minimum Gasteiger partial charge on any atom is -0.390 e. The Kier molecular flexibility index (Phi) is 4.79. The first-order valence-corrected chi connectivity index (χ1v) is 6.23. The number of nitriles is 1. The summed E-state index contributed by atoms with van der Waals surface area (Å²) in [5.74, 6) is 0. The van der Waals surface area contributed by atoms with Crippen molar-refractivity contribution in [2.75, 3.05) is 0 Å². The van der Waals surface area contributed by atoms with Crippen LogP contribution in [0.1, 0.15) is 59.3 Å². The lowest BCUT2D eigenvalue weighted by molar-refractivity contribution is 0.0403. The Morgan fingerprint density at radius 1 is 1.38 bits per heavy atom. The highest BCUT2D eigenvalue weighted by atomic mass is 16.6. The van der Waals surface area contributed by atoms with E-state index >= 15 is 0 Å². The van der Waals surface area contributed by atoms with Crippen LogP contribution in [0, 0.1) is 16.7 Å².